The predicted octanol–water partition coefficient (Wildman–Crippen LogP) is 3.67. The molecule has 0 heterocycles. The lowest BCUT2D eigenvalue weighted by atomic mass is 10.1. The molecule has 0 amide bonds. The standard InChI is InChI=1S/C10H21Si/c1-6-10(2)8-7-9-11(3,4)5/h7-10H,6H2,1-5H3/b8-7+. The van der Waals surface area contributed by atoms with E-state index >= 15 is 0 Å². The van der Waals surface area contributed by atoms with E-state index < -0.39 is 8.07 Å². The average molecular weight is 169 g/mol. The molecule has 0 saturated heterocycles. The van der Waals surface area contributed by atoms with E-state index in [4.69, 9.17) is 0 Å². The van der Waals surface area contributed by atoms with Crippen molar-refractivity contribution >= 4 is 8.07 Å². The molecule has 1 heteroatoms. The summed E-state index contributed by atoms with van der Waals surface area (Å²) < 4.78 is 0. The van der Waals surface area contributed by atoms with Crippen molar-refractivity contribution in [3.8, 4) is 0 Å². The quantitative estimate of drug-likeness (QED) is 0.563. The van der Waals surface area contributed by atoms with Gasteiger partial charge in [-0.1, -0.05) is 52.1 Å². The van der Waals surface area contributed by atoms with Gasteiger partial charge in [0.05, 0.1) is 8.07 Å². The Bertz CT molecular complexity index is 119. The molecule has 0 rings (SSSR count). The maximum absolute atomic E-state index is 2.39. The van der Waals surface area contributed by atoms with Crippen molar-refractivity contribution < 1.29 is 0 Å². The smallest absolute Gasteiger partial charge is 0.0517 e. The van der Waals surface area contributed by atoms with Gasteiger partial charge in [0, 0.05) is 0 Å². The molecule has 0 aliphatic heterocycles. The molecular weight excluding hydrogens is 148 g/mol. The second-order valence-corrected chi connectivity index (χ2v) is 9.37. The van der Waals surface area contributed by atoms with Crippen LogP contribution in [0.1, 0.15) is 20.3 Å². The van der Waals surface area contributed by atoms with Gasteiger partial charge in [0.1, 0.15) is 0 Å². The lowest BCUT2D eigenvalue weighted by molar-refractivity contribution is 0.698. The Labute approximate surface area is 72.7 Å². The third-order valence-electron chi connectivity index (χ3n) is 1.68. The van der Waals surface area contributed by atoms with E-state index in [0.717, 1.165) is 5.92 Å². The number of allylic oxidation sites excluding steroid dienone is 2. The highest BCUT2D eigenvalue weighted by molar-refractivity contribution is 6.80. The van der Waals surface area contributed by atoms with Crippen molar-refractivity contribution in [1.82, 2.24) is 0 Å². The first kappa shape index (κ1) is 11.0. The second-order valence-electron chi connectivity index (χ2n) is 4.30. The second kappa shape index (κ2) is 4.76. The molecule has 0 saturated carbocycles. The lowest BCUT2D eigenvalue weighted by Crippen LogP contribution is -2.19. The van der Waals surface area contributed by atoms with Gasteiger partial charge in [0.2, 0.25) is 0 Å². The van der Waals surface area contributed by atoms with Crippen molar-refractivity contribution in [2.45, 2.75) is 39.9 Å². The first-order chi connectivity index (χ1) is 4.95. The molecule has 0 fully saturated rings. The largest absolute Gasteiger partial charge is 0.0875 e. The third kappa shape index (κ3) is 7.86. The van der Waals surface area contributed by atoms with E-state index in [-0.39, 0.29) is 0 Å². The summed E-state index contributed by atoms with van der Waals surface area (Å²) in [6.45, 7) is 11.5. The van der Waals surface area contributed by atoms with Crippen LogP contribution in [-0.2, 0) is 0 Å². The number of hydrogen-bond donors (Lipinski definition) is 0. The molecule has 1 unspecified atom stereocenters. The Morgan fingerprint density at radius 1 is 1.27 bits per heavy atom. The monoisotopic (exact) mass is 169 g/mol. The van der Waals surface area contributed by atoms with E-state index in [0.29, 0.717) is 0 Å². The van der Waals surface area contributed by atoms with E-state index in [2.05, 4.69) is 51.7 Å². The van der Waals surface area contributed by atoms with Crippen molar-refractivity contribution in [1.29, 1.82) is 0 Å². The molecule has 65 valence electrons. The fourth-order valence-corrected chi connectivity index (χ4v) is 1.36. The number of hydrogen-bond acceptors (Lipinski definition) is 0. The van der Waals surface area contributed by atoms with E-state index in [1.165, 1.54) is 6.42 Å². The molecule has 0 aliphatic carbocycles. The molecule has 0 aliphatic rings. The summed E-state index contributed by atoms with van der Waals surface area (Å²) >= 11 is 0. The zero-order valence-electron chi connectivity index (χ0n) is 8.52. The van der Waals surface area contributed by atoms with Gasteiger partial charge in [-0.25, -0.2) is 0 Å². The SMILES string of the molecule is CCC(C)/C=C/[CH][Si](C)(C)C. The van der Waals surface area contributed by atoms with E-state index in [9.17, 15) is 0 Å². The number of rotatable bonds is 4. The Hall–Kier alpha value is -0.0431. The van der Waals surface area contributed by atoms with Crippen molar-refractivity contribution in [2.75, 3.05) is 0 Å². The lowest BCUT2D eigenvalue weighted by Gasteiger charge is -2.11. The molecule has 0 aromatic carbocycles. The van der Waals surface area contributed by atoms with Gasteiger partial charge in [-0.2, -0.15) is 0 Å². The van der Waals surface area contributed by atoms with Crippen molar-refractivity contribution in [3.63, 3.8) is 0 Å². The van der Waals surface area contributed by atoms with Gasteiger partial charge in [0.25, 0.3) is 0 Å². The van der Waals surface area contributed by atoms with Gasteiger partial charge in [0.15, 0.2) is 0 Å². The molecular formula is C10H21Si. The van der Waals surface area contributed by atoms with Crippen LogP contribution in [0.15, 0.2) is 12.2 Å². The van der Waals surface area contributed by atoms with Crippen LogP contribution in [0.25, 0.3) is 0 Å². The molecule has 0 aromatic heterocycles. The van der Waals surface area contributed by atoms with Gasteiger partial charge in [-0.3, -0.25) is 0 Å². The van der Waals surface area contributed by atoms with Gasteiger partial charge < -0.3 is 0 Å². The van der Waals surface area contributed by atoms with E-state index in [1.807, 2.05) is 0 Å². The topological polar surface area (TPSA) is 0 Å². The summed E-state index contributed by atoms with van der Waals surface area (Å²) in [5, 5.41) is 0. The van der Waals surface area contributed by atoms with Crippen LogP contribution in [0.4, 0.5) is 0 Å². The van der Waals surface area contributed by atoms with Crippen LogP contribution in [0.5, 0.6) is 0 Å². The van der Waals surface area contributed by atoms with Crippen LogP contribution in [0, 0.1) is 12.0 Å². The zero-order chi connectivity index (χ0) is 8.91. The molecule has 0 spiro atoms. The zero-order valence-corrected chi connectivity index (χ0v) is 9.52. The highest BCUT2D eigenvalue weighted by Crippen LogP contribution is 2.08. The highest BCUT2D eigenvalue weighted by Gasteiger charge is 2.09. The van der Waals surface area contributed by atoms with Crippen LogP contribution < -0.4 is 0 Å². The Morgan fingerprint density at radius 3 is 2.18 bits per heavy atom. The summed E-state index contributed by atoms with van der Waals surface area (Å²) in [6.07, 6.45) is 5.80. The maximum Gasteiger partial charge on any atom is 0.0517 e. The average Bonchev–Trinajstić information content (AvgIpc) is 1.85. The predicted molar refractivity (Wildman–Crippen MR) is 56.2 cm³/mol. The van der Waals surface area contributed by atoms with Gasteiger partial charge >= 0.3 is 0 Å². The van der Waals surface area contributed by atoms with Crippen LogP contribution in [0.2, 0.25) is 19.6 Å². The minimum absolute atomic E-state index is 0.739. The summed E-state index contributed by atoms with van der Waals surface area (Å²) in [4.78, 5) is 0. The molecule has 11 heavy (non-hydrogen) atoms. The highest BCUT2D eigenvalue weighted by atomic mass is 28.3. The van der Waals surface area contributed by atoms with Crippen molar-refractivity contribution in [2.24, 2.45) is 5.92 Å². The molecule has 1 radical (unpaired) electrons. The summed E-state index contributed by atoms with van der Waals surface area (Å²) in [5.41, 5.74) is 0. The molecule has 0 nitrogen and oxygen atoms in total. The summed E-state index contributed by atoms with van der Waals surface area (Å²) in [6, 6.07) is 2.39. The Balaban J connectivity index is 3.60. The normalized spacial score (nSPS) is 15.7. The van der Waals surface area contributed by atoms with E-state index in [1.54, 1.807) is 0 Å². The Kier molecular flexibility index (Phi) is 4.74. The van der Waals surface area contributed by atoms with Gasteiger partial charge in [-0.15, -0.1) is 0 Å². The molecule has 0 bridgehead atoms. The summed E-state index contributed by atoms with van der Waals surface area (Å²) in [5.74, 6) is 0.739. The fourth-order valence-electron chi connectivity index (χ4n) is 0.670. The van der Waals surface area contributed by atoms with Gasteiger partial charge in [-0.05, 0) is 12.0 Å². The molecule has 0 N–H and O–H groups in total. The minimum Gasteiger partial charge on any atom is -0.0875 e. The fraction of sp³-hybridized carbons (Fsp3) is 0.700. The maximum atomic E-state index is 2.39. The van der Waals surface area contributed by atoms with Crippen molar-refractivity contribution in [3.05, 3.63) is 18.2 Å². The Morgan fingerprint density at radius 2 is 1.82 bits per heavy atom. The van der Waals surface area contributed by atoms with Crippen LogP contribution in [-0.4, -0.2) is 8.07 Å². The molecule has 1 atom stereocenters. The third-order valence-corrected chi connectivity index (χ3v) is 2.87. The first-order valence-electron chi connectivity index (χ1n) is 4.48. The summed E-state index contributed by atoms with van der Waals surface area (Å²) in [7, 11) is -0.949. The molecule has 0 aromatic rings. The van der Waals surface area contributed by atoms with Crippen LogP contribution in [0.3, 0.4) is 0 Å². The first-order valence-corrected chi connectivity index (χ1v) is 8.06. The van der Waals surface area contributed by atoms with Crippen LogP contribution >= 0.6 is 0 Å². The minimum atomic E-state index is -0.949.